The van der Waals surface area contributed by atoms with Crippen LogP contribution in [-0.2, 0) is 10.2 Å². The van der Waals surface area contributed by atoms with Gasteiger partial charge in [0, 0.05) is 6.54 Å². The lowest BCUT2D eigenvalue weighted by Crippen LogP contribution is -2.53. The summed E-state index contributed by atoms with van der Waals surface area (Å²) in [6, 6.07) is 19.4. The highest BCUT2D eigenvalue weighted by molar-refractivity contribution is 5.63. The van der Waals surface area contributed by atoms with Crippen molar-refractivity contribution >= 4 is 0 Å². The van der Waals surface area contributed by atoms with Gasteiger partial charge in [0.25, 0.3) is 0 Å². The fourth-order valence-corrected chi connectivity index (χ4v) is 2.73. The van der Waals surface area contributed by atoms with E-state index in [9.17, 15) is 0 Å². The van der Waals surface area contributed by atoms with E-state index in [0.717, 1.165) is 26.3 Å². The zero-order chi connectivity index (χ0) is 13.8. The Morgan fingerprint density at radius 1 is 0.950 bits per heavy atom. The second kappa shape index (κ2) is 5.78. The average molecular weight is 267 g/mol. The van der Waals surface area contributed by atoms with E-state index >= 15 is 0 Å². The topological polar surface area (TPSA) is 21.3 Å². The average Bonchev–Trinajstić information content (AvgIpc) is 2.48. The molecular weight excluding hydrogens is 246 g/mol. The highest BCUT2D eigenvalue weighted by atomic mass is 16.5. The Balaban J connectivity index is 1.82. The normalized spacial score (nSPS) is 16.6. The minimum absolute atomic E-state index is 0.172. The molecule has 2 aromatic rings. The van der Waals surface area contributed by atoms with Gasteiger partial charge in [-0.05, 0) is 23.2 Å². The first kappa shape index (κ1) is 13.3. The van der Waals surface area contributed by atoms with Crippen molar-refractivity contribution in [3.8, 4) is 11.1 Å². The highest BCUT2D eigenvalue weighted by Gasteiger charge is 2.39. The summed E-state index contributed by atoms with van der Waals surface area (Å²) < 4.78 is 5.46. The summed E-state index contributed by atoms with van der Waals surface area (Å²) in [7, 11) is 0. The van der Waals surface area contributed by atoms with Crippen LogP contribution in [0.1, 0.15) is 12.5 Å². The third-order valence-electron chi connectivity index (χ3n) is 4.07. The van der Waals surface area contributed by atoms with E-state index in [2.05, 4.69) is 66.8 Å². The van der Waals surface area contributed by atoms with Crippen molar-refractivity contribution < 1.29 is 4.74 Å². The summed E-state index contributed by atoms with van der Waals surface area (Å²) in [6.07, 6.45) is 0. The minimum atomic E-state index is 0.172. The van der Waals surface area contributed by atoms with Crippen LogP contribution in [0.5, 0.6) is 0 Å². The third-order valence-corrected chi connectivity index (χ3v) is 4.07. The zero-order valence-corrected chi connectivity index (χ0v) is 11.9. The van der Waals surface area contributed by atoms with E-state index in [4.69, 9.17) is 4.74 Å². The Bertz CT molecular complexity index is 543. The number of hydrogen-bond donors (Lipinski definition) is 1. The van der Waals surface area contributed by atoms with Gasteiger partial charge in [-0.3, -0.25) is 0 Å². The molecule has 1 fully saturated rings. The van der Waals surface area contributed by atoms with Gasteiger partial charge in [0.2, 0.25) is 0 Å². The number of rotatable bonds is 5. The molecule has 104 valence electrons. The predicted octanol–water partition coefficient (Wildman–Crippen LogP) is 3.23. The fourth-order valence-electron chi connectivity index (χ4n) is 2.73. The molecule has 1 N–H and O–H groups in total. The second-order valence-corrected chi connectivity index (χ2v) is 5.50. The van der Waals surface area contributed by atoms with Gasteiger partial charge < -0.3 is 10.1 Å². The Kier molecular flexibility index (Phi) is 3.86. The molecule has 0 aliphatic carbocycles. The Hall–Kier alpha value is -1.64. The van der Waals surface area contributed by atoms with Gasteiger partial charge in [0.15, 0.2) is 0 Å². The molecule has 2 aromatic carbocycles. The lowest BCUT2D eigenvalue weighted by molar-refractivity contribution is -0.0588. The lowest BCUT2D eigenvalue weighted by Gasteiger charge is -2.42. The van der Waals surface area contributed by atoms with Crippen molar-refractivity contribution in [3.05, 3.63) is 60.2 Å². The first-order valence-corrected chi connectivity index (χ1v) is 7.28. The maximum absolute atomic E-state index is 5.46. The molecular formula is C18H21NO. The van der Waals surface area contributed by atoms with Gasteiger partial charge in [0.05, 0.1) is 18.6 Å². The van der Waals surface area contributed by atoms with E-state index in [0.29, 0.717) is 0 Å². The summed E-state index contributed by atoms with van der Waals surface area (Å²) in [5, 5.41) is 3.46. The Morgan fingerprint density at radius 2 is 1.60 bits per heavy atom. The van der Waals surface area contributed by atoms with Crippen molar-refractivity contribution in [2.45, 2.75) is 12.3 Å². The molecule has 2 nitrogen and oxygen atoms in total. The monoisotopic (exact) mass is 267 g/mol. The van der Waals surface area contributed by atoms with Gasteiger partial charge >= 0.3 is 0 Å². The van der Waals surface area contributed by atoms with E-state index in [1.54, 1.807) is 0 Å². The van der Waals surface area contributed by atoms with Gasteiger partial charge in [-0.2, -0.15) is 0 Å². The Labute approximate surface area is 120 Å². The molecule has 20 heavy (non-hydrogen) atoms. The molecule has 0 unspecified atom stereocenters. The van der Waals surface area contributed by atoms with Gasteiger partial charge in [-0.1, -0.05) is 61.5 Å². The van der Waals surface area contributed by atoms with Crippen LogP contribution in [0.4, 0.5) is 0 Å². The highest BCUT2D eigenvalue weighted by Crippen LogP contribution is 2.33. The molecule has 0 aromatic heterocycles. The van der Waals surface area contributed by atoms with Gasteiger partial charge in [0.1, 0.15) is 0 Å². The molecule has 1 aliphatic rings. The molecule has 1 aliphatic heterocycles. The third kappa shape index (κ3) is 2.49. The van der Waals surface area contributed by atoms with Crippen LogP contribution in [0.3, 0.4) is 0 Å². The zero-order valence-electron chi connectivity index (χ0n) is 11.9. The van der Waals surface area contributed by atoms with E-state index in [1.807, 2.05) is 0 Å². The first-order valence-electron chi connectivity index (χ1n) is 7.28. The largest absolute Gasteiger partial charge is 0.379 e. The molecule has 0 saturated carbocycles. The van der Waals surface area contributed by atoms with Crippen LogP contribution in [0.15, 0.2) is 54.6 Å². The summed E-state index contributed by atoms with van der Waals surface area (Å²) in [5.41, 5.74) is 4.09. The number of hydrogen-bond acceptors (Lipinski definition) is 2. The fraction of sp³-hybridized carbons (Fsp3) is 0.333. The summed E-state index contributed by atoms with van der Waals surface area (Å²) in [4.78, 5) is 0. The van der Waals surface area contributed by atoms with Crippen LogP contribution in [0.2, 0.25) is 0 Å². The molecule has 3 rings (SSSR count). The molecule has 0 atom stereocenters. The van der Waals surface area contributed by atoms with E-state index in [-0.39, 0.29) is 5.41 Å². The molecule has 2 heteroatoms. The van der Waals surface area contributed by atoms with Gasteiger partial charge in [-0.15, -0.1) is 0 Å². The maximum atomic E-state index is 5.46. The van der Waals surface area contributed by atoms with Crippen molar-refractivity contribution in [1.29, 1.82) is 0 Å². The number of ether oxygens (including phenoxy) is 1. The molecule has 0 radical (unpaired) electrons. The number of likely N-dealkylation sites (N-methyl/N-ethyl adjacent to an activating group) is 1. The Morgan fingerprint density at radius 3 is 2.15 bits per heavy atom. The molecule has 1 heterocycles. The van der Waals surface area contributed by atoms with Crippen LogP contribution in [0, 0.1) is 0 Å². The lowest BCUT2D eigenvalue weighted by atomic mass is 9.78. The smallest absolute Gasteiger partial charge is 0.0598 e. The van der Waals surface area contributed by atoms with Crippen molar-refractivity contribution in [3.63, 3.8) is 0 Å². The number of nitrogens with one attached hydrogen (secondary N) is 1. The first-order chi connectivity index (χ1) is 9.84. The molecule has 0 bridgehead atoms. The summed E-state index contributed by atoms with van der Waals surface area (Å²) in [5.74, 6) is 0. The quantitative estimate of drug-likeness (QED) is 0.898. The minimum Gasteiger partial charge on any atom is -0.379 e. The van der Waals surface area contributed by atoms with Crippen LogP contribution in [-0.4, -0.2) is 26.3 Å². The summed E-state index contributed by atoms with van der Waals surface area (Å²) >= 11 is 0. The van der Waals surface area contributed by atoms with Crippen LogP contribution in [0.25, 0.3) is 11.1 Å². The molecule has 0 amide bonds. The number of benzene rings is 2. The van der Waals surface area contributed by atoms with Gasteiger partial charge in [-0.25, -0.2) is 0 Å². The van der Waals surface area contributed by atoms with Crippen molar-refractivity contribution in [1.82, 2.24) is 5.32 Å². The van der Waals surface area contributed by atoms with Crippen molar-refractivity contribution in [2.24, 2.45) is 0 Å². The second-order valence-electron chi connectivity index (χ2n) is 5.50. The van der Waals surface area contributed by atoms with E-state index < -0.39 is 0 Å². The SMILES string of the molecule is CCNCC1(c2ccc(-c3ccccc3)cc2)COC1. The standard InChI is InChI=1S/C18H21NO/c1-2-19-12-18(13-20-14-18)17-10-8-16(9-11-17)15-6-4-3-5-7-15/h3-11,19H,2,12-14H2,1H3. The maximum Gasteiger partial charge on any atom is 0.0598 e. The van der Waals surface area contributed by atoms with Crippen LogP contribution >= 0.6 is 0 Å². The molecule has 0 spiro atoms. The van der Waals surface area contributed by atoms with E-state index in [1.165, 1.54) is 16.7 Å². The van der Waals surface area contributed by atoms with Crippen molar-refractivity contribution in [2.75, 3.05) is 26.3 Å². The summed E-state index contributed by atoms with van der Waals surface area (Å²) in [6.45, 7) is 5.79. The van der Waals surface area contributed by atoms with Crippen LogP contribution < -0.4 is 5.32 Å². The predicted molar refractivity (Wildman–Crippen MR) is 82.9 cm³/mol. The molecule has 1 saturated heterocycles.